The topological polar surface area (TPSA) is 37.4 Å². The van der Waals surface area contributed by atoms with Gasteiger partial charge in [-0.1, -0.05) is 66.3 Å². The Morgan fingerprint density at radius 3 is 2.44 bits per heavy atom. The number of hydrogen-bond acceptors (Lipinski definition) is 2. The highest BCUT2D eigenvalue weighted by molar-refractivity contribution is 7.89. The molecule has 4 heteroatoms. The van der Waals surface area contributed by atoms with Crippen LogP contribution in [0.25, 0.3) is 5.57 Å². The average molecular weight is 351 g/mol. The molecule has 2 aromatic rings. The Balaban J connectivity index is 1.73. The first kappa shape index (κ1) is 16.3. The molecule has 2 unspecified atom stereocenters. The maximum atomic E-state index is 13.2. The van der Waals surface area contributed by atoms with Crippen LogP contribution in [0.5, 0.6) is 0 Å². The molecule has 0 saturated carbocycles. The normalized spacial score (nSPS) is 23.3. The minimum atomic E-state index is -3.49. The van der Waals surface area contributed by atoms with Crippen molar-refractivity contribution in [2.75, 3.05) is 6.54 Å². The van der Waals surface area contributed by atoms with E-state index in [4.69, 9.17) is 0 Å². The van der Waals surface area contributed by atoms with Crippen LogP contribution in [-0.4, -0.2) is 25.3 Å². The van der Waals surface area contributed by atoms with E-state index in [9.17, 15) is 8.42 Å². The summed E-state index contributed by atoms with van der Waals surface area (Å²) in [7, 11) is -3.49. The molecular weight excluding hydrogens is 330 g/mol. The maximum absolute atomic E-state index is 13.2. The van der Waals surface area contributed by atoms with E-state index in [0.29, 0.717) is 11.4 Å². The molecule has 0 radical (unpaired) electrons. The van der Waals surface area contributed by atoms with Crippen LogP contribution in [0.2, 0.25) is 0 Å². The summed E-state index contributed by atoms with van der Waals surface area (Å²) in [5.74, 6) is 0.0985. The highest BCUT2D eigenvalue weighted by Gasteiger charge is 2.37. The van der Waals surface area contributed by atoms with Gasteiger partial charge in [-0.15, -0.1) is 0 Å². The second-order valence-corrected chi connectivity index (χ2v) is 8.60. The van der Waals surface area contributed by atoms with E-state index < -0.39 is 10.0 Å². The Hall–Kier alpha value is -2.17. The molecule has 25 heavy (non-hydrogen) atoms. The van der Waals surface area contributed by atoms with Crippen molar-refractivity contribution in [3.63, 3.8) is 0 Å². The minimum Gasteiger partial charge on any atom is -0.207 e. The summed E-state index contributed by atoms with van der Waals surface area (Å²) in [4.78, 5) is 0.375. The second kappa shape index (κ2) is 6.28. The number of rotatable bonds is 3. The molecule has 2 atom stereocenters. The first-order valence-corrected chi connectivity index (χ1v) is 10.0. The third-order valence-corrected chi connectivity index (χ3v) is 6.90. The first-order chi connectivity index (χ1) is 12.1. The molecule has 3 aliphatic rings. The quantitative estimate of drug-likeness (QED) is 0.783. The van der Waals surface area contributed by atoms with Crippen LogP contribution in [0, 0.1) is 12.8 Å². The van der Waals surface area contributed by atoms with Crippen molar-refractivity contribution in [2.24, 2.45) is 5.92 Å². The van der Waals surface area contributed by atoms with Gasteiger partial charge in [-0.05, 0) is 36.6 Å². The molecule has 2 aliphatic heterocycles. The molecule has 0 fully saturated rings. The van der Waals surface area contributed by atoms with E-state index in [-0.39, 0.29) is 12.0 Å². The number of benzene rings is 2. The number of nitrogens with zero attached hydrogens (tertiary/aromatic N) is 1. The molecule has 128 valence electrons. The average Bonchev–Trinajstić information content (AvgIpc) is 2.97. The van der Waals surface area contributed by atoms with Gasteiger partial charge in [-0.2, -0.15) is 4.31 Å². The van der Waals surface area contributed by atoms with E-state index in [0.717, 1.165) is 12.0 Å². The molecule has 0 saturated heterocycles. The van der Waals surface area contributed by atoms with Crippen LogP contribution in [0.3, 0.4) is 0 Å². The number of sulfonamides is 1. The van der Waals surface area contributed by atoms with Crippen LogP contribution in [-0.2, 0) is 10.0 Å². The third kappa shape index (κ3) is 2.96. The van der Waals surface area contributed by atoms with Crippen LogP contribution in [0.4, 0.5) is 0 Å². The summed E-state index contributed by atoms with van der Waals surface area (Å²) in [6.07, 6.45) is 7.13. The number of aryl methyl sites for hydroxylation is 1. The minimum absolute atomic E-state index is 0.0985. The fourth-order valence-electron chi connectivity index (χ4n) is 3.64. The van der Waals surface area contributed by atoms with E-state index in [1.165, 1.54) is 11.1 Å². The van der Waals surface area contributed by atoms with Crippen molar-refractivity contribution >= 4 is 15.6 Å². The molecule has 1 aliphatic carbocycles. The van der Waals surface area contributed by atoms with Gasteiger partial charge >= 0.3 is 0 Å². The van der Waals surface area contributed by atoms with Gasteiger partial charge in [0.15, 0.2) is 0 Å². The highest BCUT2D eigenvalue weighted by Crippen LogP contribution is 2.37. The van der Waals surface area contributed by atoms with Crippen molar-refractivity contribution in [1.29, 1.82) is 0 Å². The molecule has 0 N–H and O–H groups in total. The third-order valence-electron chi connectivity index (χ3n) is 5.00. The van der Waals surface area contributed by atoms with Gasteiger partial charge in [-0.25, -0.2) is 8.42 Å². The summed E-state index contributed by atoms with van der Waals surface area (Å²) in [6, 6.07) is 17.2. The van der Waals surface area contributed by atoms with Crippen molar-refractivity contribution in [2.45, 2.75) is 24.3 Å². The predicted octanol–water partition coefficient (Wildman–Crippen LogP) is 4.03. The summed E-state index contributed by atoms with van der Waals surface area (Å²) in [5, 5.41) is 0. The summed E-state index contributed by atoms with van der Waals surface area (Å²) >= 11 is 0. The van der Waals surface area contributed by atoms with Crippen molar-refractivity contribution in [3.05, 3.63) is 84.0 Å². The lowest BCUT2D eigenvalue weighted by Gasteiger charge is -2.35. The van der Waals surface area contributed by atoms with E-state index in [2.05, 4.69) is 30.4 Å². The standard InChI is InChI=1S/C21H21NO2S/c1-16-10-12-20(13-11-16)25(23,24)22-15-18-8-5-9-19(22)14-21(18)17-6-3-2-4-7-17/h2-8,10-14,18-19H,9,15H2,1H3. The zero-order valence-corrected chi connectivity index (χ0v) is 15.0. The van der Waals surface area contributed by atoms with E-state index in [1.807, 2.05) is 37.3 Å². The van der Waals surface area contributed by atoms with Crippen molar-refractivity contribution in [1.82, 2.24) is 4.31 Å². The smallest absolute Gasteiger partial charge is 0.207 e. The van der Waals surface area contributed by atoms with Gasteiger partial charge in [0.1, 0.15) is 0 Å². The molecule has 3 nitrogen and oxygen atoms in total. The molecule has 0 amide bonds. The zero-order valence-electron chi connectivity index (χ0n) is 14.2. The second-order valence-electron chi connectivity index (χ2n) is 6.71. The fraction of sp³-hybridized carbons (Fsp3) is 0.238. The van der Waals surface area contributed by atoms with E-state index in [1.54, 1.807) is 16.4 Å². The van der Waals surface area contributed by atoms with E-state index >= 15 is 0 Å². The summed E-state index contributed by atoms with van der Waals surface area (Å²) < 4.78 is 28.0. The van der Waals surface area contributed by atoms with Gasteiger partial charge in [-0.3, -0.25) is 0 Å². The largest absolute Gasteiger partial charge is 0.243 e. The molecule has 2 bridgehead atoms. The Labute approximate surface area is 149 Å². The monoisotopic (exact) mass is 351 g/mol. The Bertz CT molecular complexity index is 928. The lowest BCUT2D eigenvalue weighted by Crippen LogP contribution is -2.43. The molecule has 2 heterocycles. The predicted molar refractivity (Wildman–Crippen MR) is 101 cm³/mol. The van der Waals surface area contributed by atoms with Crippen LogP contribution < -0.4 is 0 Å². The number of hydrogen-bond donors (Lipinski definition) is 0. The Morgan fingerprint density at radius 1 is 1.00 bits per heavy atom. The summed E-state index contributed by atoms with van der Waals surface area (Å²) in [5.41, 5.74) is 3.47. The van der Waals surface area contributed by atoms with Gasteiger partial charge in [0.05, 0.1) is 4.90 Å². The zero-order chi connectivity index (χ0) is 17.4. The molecule has 0 spiro atoms. The van der Waals surface area contributed by atoms with Crippen LogP contribution >= 0.6 is 0 Å². The first-order valence-electron chi connectivity index (χ1n) is 8.58. The fourth-order valence-corrected chi connectivity index (χ4v) is 5.25. The summed E-state index contributed by atoms with van der Waals surface area (Å²) in [6.45, 7) is 2.46. The van der Waals surface area contributed by atoms with Crippen LogP contribution in [0.15, 0.2) is 77.7 Å². The number of fused-ring (bicyclic) bond motifs is 2. The van der Waals surface area contributed by atoms with Crippen molar-refractivity contribution < 1.29 is 8.42 Å². The van der Waals surface area contributed by atoms with Crippen molar-refractivity contribution in [3.8, 4) is 0 Å². The highest BCUT2D eigenvalue weighted by atomic mass is 32.2. The Kier molecular flexibility index (Phi) is 4.10. The van der Waals surface area contributed by atoms with Gasteiger partial charge < -0.3 is 0 Å². The molecule has 2 aromatic carbocycles. The van der Waals surface area contributed by atoms with Gasteiger partial charge in [0, 0.05) is 18.5 Å². The lowest BCUT2D eigenvalue weighted by atomic mass is 9.89. The van der Waals surface area contributed by atoms with Crippen LogP contribution in [0.1, 0.15) is 17.5 Å². The lowest BCUT2D eigenvalue weighted by molar-refractivity contribution is 0.345. The van der Waals surface area contributed by atoms with Gasteiger partial charge in [0.25, 0.3) is 0 Å². The Morgan fingerprint density at radius 2 is 1.72 bits per heavy atom. The SMILES string of the molecule is Cc1ccc(S(=O)(=O)N2CC3C=CCC2C=C3c2ccccc2)cc1. The molecule has 5 rings (SSSR count). The molecule has 0 aromatic heterocycles. The molecular formula is C21H21NO2S. The van der Waals surface area contributed by atoms with Gasteiger partial charge in [0.2, 0.25) is 10.0 Å². The maximum Gasteiger partial charge on any atom is 0.243 e.